The van der Waals surface area contributed by atoms with Gasteiger partial charge >= 0.3 is 0 Å². The van der Waals surface area contributed by atoms with Crippen LogP contribution < -0.4 is 15.1 Å². The summed E-state index contributed by atoms with van der Waals surface area (Å²) in [7, 11) is 0. The lowest BCUT2D eigenvalue weighted by Gasteiger charge is -2.32. The molecule has 148 valence electrons. The molecule has 0 radical (unpaired) electrons. The minimum absolute atomic E-state index is 0.0431. The number of nitrogens with one attached hydrogen (secondary N) is 1. The van der Waals surface area contributed by atoms with E-state index in [2.05, 4.69) is 17.1 Å². The van der Waals surface area contributed by atoms with Gasteiger partial charge in [0.25, 0.3) is 0 Å². The molecule has 0 spiro atoms. The van der Waals surface area contributed by atoms with Crippen LogP contribution in [0.4, 0.5) is 17.1 Å². The van der Waals surface area contributed by atoms with E-state index >= 15 is 0 Å². The molecule has 2 amide bonds. The summed E-state index contributed by atoms with van der Waals surface area (Å²) in [5.41, 5.74) is 2.52. The van der Waals surface area contributed by atoms with Crippen molar-refractivity contribution in [2.45, 2.75) is 26.7 Å². The molecule has 0 atom stereocenters. The number of hydrogen-bond acceptors (Lipinski definition) is 3. The highest BCUT2D eigenvalue weighted by Crippen LogP contribution is 2.25. The highest BCUT2D eigenvalue weighted by molar-refractivity contribution is 6.30. The van der Waals surface area contributed by atoms with E-state index < -0.39 is 0 Å². The number of halogens is 1. The third-order valence-electron chi connectivity index (χ3n) is 5.12. The molecule has 28 heavy (non-hydrogen) atoms. The van der Waals surface area contributed by atoms with E-state index in [1.165, 1.54) is 24.7 Å². The highest BCUT2D eigenvalue weighted by Gasteiger charge is 2.18. The number of piperidine rings is 1. The van der Waals surface area contributed by atoms with Crippen LogP contribution in [0.15, 0.2) is 48.5 Å². The molecular formula is C22H26ClN3O2. The van der Waals surface area contributed by atoms with Crippen molar-refractivity contribution in [3.05, 3.63) is 53.6 Å². The van der Waals surface area contributed by atoms with E-state index in [9.17, 15) is 9.59 Å². The Morgan fingerprint density at radius 3 is 2.25 bits per heavy atom. The molecule has 0 aromatic heterocycles. The number of anilines is 3. The lowest BCUT2D eigenvalue weighted by molar-refractivity contribution is -0.120. The molecule has 0 unspecified atom stereocenters. The standard InChI is InChI=1S/C22H26ClN3O2/c1-16-11-13-25(14-12-16)20-7-9-21(10-8-20)26(17(2)27)15-22(28)24-19-5-3-18(23)4-6-19/h3-10,16H,11-15H2,1-2H3,(H,24,28). The second-order valence-electron chi connectivity index (χ2n) is 7.35. The van der Waals surface area contributed by atoms with Gasteiger partial charge in [-0.1, -0.05) is 18.5 Å². The first kappa shape index (κ1) is 20.2. The number of benzene rings is 2. The minimum atomic E-state index is -0.258. The fourth-order valence-corrected chi connectivity index (χ4v) is 3.50. The summed E-state index contributed by atoms with van der Waals surface area (Å²) in [5, 5.41) is 3.40. The smallest absolute Gasteiger partial charge is 0.244 e. The van der Waals surface area contributed by atoms with E-state index in [4.69, 9.17) is 11.6 Å². The Labute approximate surface area is 171 Å². The van der Waals surface area contributed by atoms with Gasteiger partial charge in [0.15, 0.2) is 0 Å². The summed E-state index contributed by atoms with van der Waals surface area (Å²) in [6.07, 6.45) is 2.40. The predicted octanol–water partition coefficient (Wildman–Crippen LogP) is 4.57. The van der Waals surface area contributed by atoms with Crippen LogP contribution in [0.5, 0.6) is 0 Å². The molecule has 5 nitrogen and oxygen atoms in total. The summed E-state index contributed by atoms with van der Waals surface area (Å²) in [5.74, 6) is 0.348. The van der Waals surface area contributed by atoms with Crippen molar-refractivity contribution in [2.75, 3.05) is 34.8 Å². The van der Waals surface area contributed by atoms with Gasteiger partial charge in [0.2, 0.25) is 11.8 Å². The Balaban J connectivity index is 1.65. The molecule has 1 aliphatic heterocycles. The van der Waals surface area contributed by atoms with Crippen molar-refractivity contribution < 1.29 is 9.59 Å². The fraction of sp³-hybridized carbons (Fsp3) is 0.364. The summed E-state index contributed by atoms with van der Waals surface area (Å²) in [6.45, 7) is 5.83. The first-order valence-corrected chi connectivity index (χ1v) is 9.98. The quantitative estimate of drug-likeness (QED) is 0.801. The second-order valence-corrected chi connectivity index (χ2v) is 7.78. The topological polar surface area (TPSA) is 52.7 Å². The molecular weight excluding hydrogens is 374 g/mol. The zero-order valence-electron chi connectivity index (χ0n) is 16.3. The van der Waals surface area contributed by atoms with Gasteiger partial charge in [0, 0.05) is 42.1 Å². The summed E-state index contributed by atoms with van der Waals surface area (Å²) in [4.78, 5) is 28.4. The summed E-state index contributed by atoms with van der Waals surface area (Å²) in [6, 6.07) is 14.7. The van der Waals surface area contributed by atoms with E-state index in [-0.39, 0.29) is 18.4 Å². The number of carbonyl (C=O) groups is 2. The first-order chi connectivity index (χ1) is 13.4. The molecule has 0 bridgehead atoms. The fourth-order valence-electron chi connectivity index (χ4n) is 3.37. The maximum absolute atomic E-state index is 12.4. The molecule has 6 heteroatoms. The van der Waals surface area contributed by atoms with Crippen LogP contribution >= 0.6 is 11.6 Å². The van der Waals surface area contributed by atoms with Crippen molar-refractivity contribution in [1.82, 2.24) is 0 Å². The molecule has 3 rings (SSSR count). The van der Waals surface area contributed by atoms with Gasteiger partial charge in [-0.15, -0.1) is 0 Å². The van der Waals surface area contributed by atoms with Crippen LogP contribution in [0.2, 0.25) is 5.02 Å². The average Bonchev–Trinajstić information content (AvgIpc) is 2.68. The monoisotopic (exact) mass is 399 g/mol. The molecule has 0 saturated carbocycles. The minimum Gasteiger partial charge on any atom is -0.372 e. The molecule has 1 fully saturated rings. The number of rotatable bonds is 5. The zero-order valence-corrected chi connectivity index (χ0v) is 17.1. The third kappa shape index (κ3) is 5.26. The number of nitrogens with zero attached hydrogens (tertiary/aromatic N) is 2. The molecule has 1 saturated heterocycles. The second kappa shape index (κ2) is 9.11. The number of hydrogen-bond donors (Lipinski definition) is 1. The van der Waals surface area contributed by atoms with Gasteiger partial charge in [-0.2, -0.15) is 0 Å². The van der Waals surface area contributed by atoms with Crippen LogP contribution in [0.1, 0.15) is 26.7 Å². The van der Waals surface area contributed by atoms with E-state index in [1.54, 1.807) is 24.3 Å². The van der Waals surface area contributed by atoms with Gasteiger partial charge in [0.05, 0.1) is 0 Å². The molecule has 1 N–H and O–H groups in total. The van der Waals surface area contributed by atoms with Crippen LogP contribution in [0.25, 0.3) is 0 Å². The molecule has 2 aromatic carbocycles. The SMILES string of the molecule is CC(=O)N(CC(=O)Nc1ccc(Cl)cc1)c1ccc(N2CCC(C)CC2)cc1. The van der Waals surface area contributed by atoms with Gasteiger partial charge in [-0.25, -0.2) is 0 Å². The maximum atomic E-state index is 12.4. The summed E-state index contributed by atoms with van der Waals surface area (Å²) >= 11 is 5.86. The molecule has 1 aliphatic rings. The lowest BCUT2D eigenvalue weighted by Crippen LogP contribution is -2.36. The normalized spacial score (nSPS) is 14.6. The van der Waals surface area contributed by atoms with Crippen molar-refractivity contribution in [1.29, 1.82) is 0 Å². The van der Waals surface area contributed by atoms with Crippen molar-refractivity contribution in [3.63, 3.8) is 0 Å². The Morgan fingerprint density at radius 1 is 1.07 bits per heavy atom. The van der Waals surface area contributed by atoms with Gasteiger partial charge < -0.3 is 15.1 Å². The average molecular weight is 400 g/mol. The van der Waals surface area contributed by atoms with E-state index in [0.29, 0.717) is 16.4 Å². The van der Waals surface area contributed by atoms with Crippen molar-refractivity contribution >= 4 is 40.5 Å². The highest BCUT2D eigenvalue weighted by atomic mass is 35.5. The molecule has 2 aromatic rings. The van der Waals surface area contributed by atoms with Gasteiger partial charge in [0.1, 0.15) is 6.54 Å². The molecule has 1 heterocycles. The predicted molar refractivity (Wildman–Crippen MR) is 115 cm³/mol. The Hall–Kier alpha value is -2.53. The van der Waals surface area contributed by atoms with E-state index in [0.717, 1.165) is 24.7 Å². The van der Waals surface area contributed by atoms with Crippen LogP contribution in [0, 0.1) is 5.92 Å². The third-order valence-corrected chi connectivity index (χ3v) is 5.37. The number of carbonyl (C=O) groups excluding carboxylic acids is 2. The van der Waals surface area contributed by atoms with Crippen LogP contribution in [-0.2, 0) is 9.59 Å². The van der Waals surface area contributed by atoms with Crippen LogP contribution in [-0.4, -0.2) is 31.4 Å². The summed E-state index contributed by atoms with van der Waals surface area (Å²) < 4.78 is 0. The first-order valence-electron chi connectivity index (χ1n) is 9.61. The van der Waals surface area contributed by atoms with Gasteiger partial charge in [-0.05, 0) is 67.3 Å². The Kier molecular flexibility index (Phi) is 6.57. The maximum Gasteiger partial charge on any atom is 0.244 e. The number of amides is 2. The van der Waals surface area contributed by atoms with Crippen molar-refractivity contribution in [3.8, 4) is 0 Å². The van der Waals surface area contributed by atoms with E-state index in [1.807, 2.05) is 24.3 Å². The van der Waals surface area contributed by atoms with Crippen LogP contribution in [0.3, 0.4) is 0 Å². The Bertz CT molecular complexity index is 813. The zero-order chi connectivity index (χ0) is 20.1. The van der Waals surface area contributed by atoms with Crippen molar-refractivity contribution in [2.24, 2.45) is 5.92 Å². The van der Waals surface area contributed by atoms with Gasteiger partial charge in [-0.3, -0.25) is 9.59 Å². The largest absolute Gasteiger partial charge is 0.372 e. The lowest BCUT2D eigenvalue weighted by atomic mass is 9.99. The Morgan fingerprint density at radius 2 is 1.68 bits per heavy atom. The molecule has 0 aliphatic carbocycles.